The third-order valence-electron chi connectivity index (χ3n) is 4.97. The van der Waals surface area contributed by atoms with Crippen molar-refractivity contribution in [1.82, 2.24) is 8.87 Å². The van der Waals surface area contributed by atoms with Gasteiger partial charge >= 0.3 is 0 Å². The van der Waals surface area contributed by atoms with Crippen LogP contribution < -0.4 is 4.80 Å². The number of carbonyl (C=O) groups is 1. The number of hydrogen-bond acceptors (Lipinski definition) is 4. The van der Waals surface area contributed by atoms with Crippen LogP contribution in [0.4, 0.5) is 4.39 Å². The van der Waals surface area contributed by atoms with Crippen LogP contribution in [0.2, 0.25) is 0 Å². The number of benzene rings is 2. The first-order valence-corrected chi connectivity index (χ1v) is 13.2. The SMILES string of the molecule is C#CCn1c(=NC(=O)c2ccc(S(=O)(=O)N(CC(C)C)CC(C)C)cc2)sc2cc(F)ccc21. The van der Waals surface area contributed by atoms with E-state index in [9.17, 15) is 17.6 Å². The Morgan fingerprint density at radius 3 is 2.29 bits per heavy atom. The van der Waals surface area contributed by atoms with Crippen molar-refractivity contribution in [3.05, 3.63) is 58.6 Å². The predicted octanol–water partition coefficient (Wildman–Crippen LogP) is 4.52. The van der Waals surface area contributed by atoms with Crippen molar-refractivity contribution in [2.24, 2.45) is 16.8 Å². The molecule has 3 rings (SSSR count). The number of thiazole rings is 1. The topological polar surface area (TPSA) is 71.7 Å². The molecule has 0 aliphatic rings. The summed E-state index contributed by atoms with van der Waals surface area (Å²) in [6, 6.07) is 10.1. The van der Waals surface area contributed by atoms with E-state index in [-0.39, 0.29) is 34.7 Å². The third kappa shape index (κ3) is 5.81. The van der Waals surface area contributed by atoms with Crippen molar-refractivity contribution in [1.29, 1.82) is 0 Å². The molecule has 1 aromatic heterocycles. The van der Waals surface area contributed by atoms with E-state index in [1.807, 2.05) is 27.7 Å². The summed E-state index contributed by atoms with van der Waals surface area (Å²) >= 11 is 1.16. The third-order valence-corrected chi connectivity index (χ3v) is 7.86. The number of amides is 1. The highest BCUT2D eigenvalue weighted by Crippen LogP contribution is 2.21. The van der Waals surface area contributed by atoms with E-state index in [4.69, 9.17) is 6.42 Å². The summed E-state index contributed by atoms with van der Waals surface area (Å²) in [5, 5.41) is 0. The number of aromatic nitrogens is 1. The lowest BCUT2D eigenvalue weighted by atomic mass is 10.2. The second-order valence-corrected chi connectivity index (χ2v) is 11.8. The van der Waals surface area contributed by atoms with Gasteiger partial charge in [-0.3, -0.25) is 4.79 Å². The normalized spacial score (nSPS) is 12.7. The zero-order valence-electron chi connectivity index (χ0n) is 19.7. The summed E-state index contributed by atoms with van der Waals surface area (Å²) in [6.45, 7) is 8.90. The molecule has 0 atom stereocenters. The molecule has 0 saturated heterocycles. The Balaban J connectivity index is 1.95. The summed E-state index contributed by atoms with van der Waals surface area (Å²) in [4.78, 5) is 17.5. The fourth-order valence-electron chi connectivity index (χ4n) is 3.53. The molecule has 3 aromatic rings. The van der Waals surface area contributed by atoms with Crippen LogP contribution in [0, 0.1) is 30.0 Å². The van der Waals surface area contributed by atoms with Gasteiger partial charge in [-0.15, -0.1) is 6.42 Å². The molecular weight excluding hydrogens is 473 g/mol. The summed E-state index contributed by atoms with van der Waals surface area (Å²) in [6.07, 6.45) is 5.47. The van der Waals surface area contributed by atoms with Crippen molar-refractivity contribution in [2.75, 3.05) is 13.1 Å². The summed E-state index contributed by atoms with van der Waals surface area (Å²) < 4.78 is 43.8. The first-order chi connectivity index (χ1) is 16.0. The van der Waals surface area contributed by atoms with Gasteiger partial charge in [0, 0.05) is 18.7 Å². The van der Waals surface area contributed by atoms with E-state index >= 15 is 0 Å². The van der Waals surface area contributed by atoms with Crippen molar-refractivity contribution >= 4 is 37.5 Å². The van der Waals surface area contributed by atoms with E-state index in [1.54, 1.807) is 10.6 Å². The highest BCUT2D eigenvalue weighted by molar-refractivity contribution is 7.89. The number of terminal acetylenes is 1. The molecule has 2 aromatic carbocycles. The molecule has 0 aliphatic heterocycles. The molecule has 0 spiro atoms. The number of fused-ring (bicyclic) bond motifs is 1. The highest BCUT2D eigenvalue weighted by atomic mass is 32.2. The Labute approximate surface area is 203 Å². The lowest BCUT2D eigenvalue weighted by Gasteiger charge is -2.25. The molecule has 0 aliphatic carbocycles. The number of rotatable bonds is 8. The average molecular weight is 502 g/mol. The van der Waals surface area contributed by atoms with Gasteiger partial charge in [-0.1, -0.05) is 45.0 Å². The zero-order valence-corrected chi connectivity index (χ0v) is 21.3. The Kier molecular flexibility index (Phi) is 8.08. The molecule has 1 amide bonds. The fraction of sp³-hybridized carbons (Fsp3) is 0.360. The quantitative estimate of drug-likeness (QED) is 0.426. The lowest BCUT2D eigenvalue weighted by Crippen LogP contribution is -2.37. The molecule has 0 N–H and O–H groups in total. The van der Waals surface area contributed by atoms with Crippen LogP contribution >= 0.6 is 11.3 Å². The largest absolute Gasteiger partial charge is 0.305 e. The number of nitrogens with zero attached hydrogens (tertiary/aromatic N) is 3. The number of halogens is 1. The van der Waals surface area contributed by atoms with Gasteiger partial charge < -0.3 is 4.57 Å². The highest BCUT2D eigenvalue weighted by Gasteiger charge is 2.26. The van der Waals surface area contributed by atoms with Gasteiger partial charge in [0.25, 0.3) is 5.91 Å². The first-order valence-electron chi connectivity index (χ1n) is 10.9. The van der Waals surface area contributed by atoms with Gasteiger partial charge in [0.1, 0.15) is 5.82 Å². The van der Waals surface area contributed by atoms with Crippen LogP contribution in [-0.2, 0) is 16.6 Å². The molecule has 0 unspecified atom stereocenters. The summed E-state index contributed by atoms with van der Waals surface area (Å²) in [7, 11) is -3.70. The van der Waals surface area contributed by atoms with Gasteiger partial charge in [0.05, 0.1) is 21.7 Å². The Morgan fingerprint density at radius 1 is 1.12 bits per heavy atom. The summed E-state index contributed by atoms with van der Waals surface area (Å²) in [5.74, 6) is 1.95. The van der Waals surface area contributed by atoms with Crippen LogP contribution in [0.5, 0.6) is 0 Å². The second-order valence-electron chi connectivity index (χ2n) is 8.84. The molecule has 0 fully saturated rings. The van der Waals surface area contributed by atoms with Gasteiger partial charge in [-0.05, 0) is 54.3 Å². The van der Waals surface area contributed by atoms with E-state index in [0.29, 0.717) is 28.1 Å². The van der Waals surface area contributed by atoms with Crippen LogP contribution in [0.25, 0.3) is 10.2 Å². The van der Waals surface area contributed by atoms with Gasteiger partial charge in [0.15, 0.2) is 4.80 Å². The summed E-state index contributed by atoms with van der Waals surface area (Å²) in [5.41, 5.74) is 0.932. The Bertz CT molecular complexity index is 1390. The maximum absolute atomic E-state index is 13.6. The molecule has 34 heavy (non-hydrogen) atoms. The minimum absolute atomic E-state index is 0.130. The van der Waals surface area contributed by atoms with Gasteiger partial charge in [-0.25, -0.2) is 12.8 Å². The van der Waals surface area contributed by atoms with Crippen molar-refractivity contribution in [3.8, 4) is 12.3 Å². The number of sulfonamides is 1. The molecule has 9 heteroatoms. The van der Waals surface area contributed by atoms with Gasteiger partial charge in [0.2, 0.25) is 10.0 Å². The van der Waals surface area contributed by atoms with Crippen LogP contribution in [0.1, 0.15) is 38.1 Å². The molecule has 1 heterocycles. The zero-order chi connectivity index (χ0) is 25.0. The first kappa shape index (κ1) is 25.8. The minimum atomic E-state index is -3.70. The second kappa shape index (κ2) is 10.6. The van der Waals surface area contributed by atoms with Crippen molar-refractivity contribution < 1.29 is 17.6 Å². The lowest BCUT2D eigenvalue weighted by molar-refractivity contribution is 0.0998. The van der Waals surface area contributed by atoms with E-state index in [0.717, 1.165) is 11.3 Å². The van der Waals surface area contributed by atoms with E-state index in [2.05, 4.69) is 10.9 Å². The number of hydrogen-bond donors (Lipinski definition) is 0. The maximum atomic E-state index is 13.6. The Hall–Kier alpha value is -2.80. The molecular formula is C25H28FN3O3S2. The van der Waals surface area contributed by atoms with Crippen molar-refractivity contribution in [3.63, 3.8) is 0 Å². The van der Waals surface area contributed by atoms with E-state index in [1.165, 1.54) is 40.7 Å². The molecule has 0 radical (unpaired) electrons. The average Bonchev–Trinajstić information content (AvgIpc) is 3.09. The standard InChI is InChI=1S/C25H28FN3O3S2/c1-6-13-29-22-12-9-20(26)14-23(22)33-25(29)27-24(30)19-7-10-21(11-8-19)34(31,32)28(15-17(2)3)16-18(4)5/h1,7-12,14,17-18H,13,15-16H2,2-5H3. The fourth-order valence-corrected chi connectivity index (χ4v) is 6.35. The van der Waals surface area contributed by atoms with Crippen LogP contribution in [0.3, 0.4) is 0 Å². The smallest absolute Gasteiger partial charge is 0.279 e. The molecule has 0 saturated carbocycles. The van der Waals surface area contributed by atoms with Gasteiger partial charge in [-0.2, -0.15) is 9.30 Å². The molecule has 0 bridgehead atoms. The van der Waals surface area contributed by atoms with Crippen LogP contribution in [-0.4, -0.2) is 36.3 Å². The molecule has 180 valence electrons. The predicted molar refractivity (Wildman–Crippen MR) is 133 cm³/mol. The van der Waals surface area contributed by atoms with Crippen LogP contribution in [0.15, 0.2) is 52.4 Å². The maximum Gasteiger partial charge on any atom is 0.279 e. The Morgan fingerprint density at radius 2 is 1.74 bits per heavy atom. The number of carbonyl (C=O) groups excluding carboxylic acids is 1. The monoisotopic (exact) mass is 501 g/mol. The van der Waals surface area contributed by atoms with Crippen molar-refractivity contribution in [2.45, 2.75) is 39.1 Å². The molecule has 6 nitrogen and oxygen atoms in total. The van der Waals surface area contributed by atoms with E-state index < -0.39 is 15.9 Å². The minimum Gasteiger partial charge on any atom is -0.305 e.